The number of aliphatic hydroxyl groups excluding tert-OH is 3. The molecule has 156 valence electrons. The maximum Gasteiger partial charge on any atom is 0.0822 e. The third kappa shape index (κ3) is 5.05. The highest BCUT2D eigenvalue weighted by Gasteiger charge is 2.55. The van der Waals surface area contributed by atoms with Crippen LogP contribution in [-0.2, 0) is 0 Å². The van der Waals surface area contributed by atoms with Gasteiger partial charge in [-0.15, -0.1) is 0 Å². The lowest BCUT2D eigenvalue weighted by Gasteiger charge is -2.57. The van der Waals surface area contributed by atoms with Gasteiger partial charge in [-0.3, -0.25) is 0 Å². The van der Waals surface area contributed by atoms with Crippen molar-refractivity contribution in [3.05, 3.63) is 24.3 Å². The number of allylic oxidation sites excluding steroid dienone is 2. The standard InChI is InChI=1S/C24H42O3/c1-4-5-6-8-15-23(2,3)24(16-9-7-12-22(24)27)21-18-20(26)14-13-19(21)11-10-17-25/h7,9,12,16,19-22,25-27H,4-6,8,10-11,13-15,17-18H2,1-3H3. The molecule has 2 aliphatic rings. The molecule has 0 radical (unpaired) electrons. The Labute approximate surface area is 166 Å². The zero-order chi connectivity index (χ0) is 19.9. The summed E-state index contributed by atoms with van der Waals surface area (Å²) in [6.07, 6.45) is 17.8. The molecule has 0 spiro atoms. The summed E-state index contributed by atoms with van der Waals surface area (Å²) in [4.78, 5) is 0. The average Bonchev–Trinajstić information content (AvgIpc) is 2.64. The SMILES string of the molecule is CCCCCCC(C)(C)C1(C2CC(O)CCC2CCCO)C=CC=CC1O. The lowest BCUT2D eigenvalue weighted by Crippen LogP contribution is -2.55. The Morgan fingerprint density at radius 2 is 1.81 bits per heavy atom. The maximum atomic E-state index is 11.3. The smallest absolute Gasteiger partial charge is 0.0822 e. The molecule has 0 aromatic rings. The van der Waals surface area contributed by atoms with Crippen molar-refractivity contribution < 1.29 is 15.3 Å². The summed E-state index contributed by atoms with van der Waals surface area (Å²) in [5.74, 6) is 0.687. The predicted octanol–water partition coefficient (Wildman–Crippen LogP) is 5.01. The molecule has 1 fully saturated rings. The van der Waals surface area contributed by atoms with E-state index in [9.17, 15) is 15.3 Å². The first-order valence-corrected chi connectivity index (χ1v) is 11.2. The highest BCUT2D eigenvalue weighted by atomic mass is 16.3. The normalized spacial score (nSPS) is 34.1. The number of unbranched alkanes of at least 4 members (excludes halogenated alkanes) is 3. The molecule has 0 aliphatic heterocycles. The summed E-state index contributed by atoms with van der Waals surface area (Å²) in [5.41, 5.74) is -0.407. The minimum absolute atomic E-state index is 0.0550. The van der Waals surface area contributed by atoms with Crippen molar-refractivity contribution in [2.24, 2.45) is 22.7 Å². The van der Waals surface area contributed by atoms with E-state index in [4.69, 9.17) is 0 Å². The van der Waals surface area contributed by atoms with Crippen LogP contribution in [0.2, 0.25) is 0 Å². The first kappa shape index (κ1) is 22.6. The molecular formula is C24H42O3. The summed E-state index contributed by atoms with van der Waals surface area (Å²) in [6, 6.07) is 0. The Balaban J connectivity index is 2.33. The van der Waals surface area contributed by atoms with Crippen molar-refractivity contribution in [2.75, 3.05) is 6.61 Å². The van der Waals surface area contributed by atoms with Gasteiger partial charge in [0.05, 0.1) is 12.2 Å². The molecule has 0 saturated heterocycles. The van der Waals surface area contributed by atoms with Crippen LogP contribution in [0.3, 0.4) is 0 Å². The third-order valence-electron chi connectivity index (χ3n) is 7.41. The average molecular weight is 379 g/mol. The Kier molecular flexibility index (Phi) is 8.58. The third-order valence-corrected chi connectivity index (χ3v) is 7.41. The van der Waals surface area contributed by atoms with Gasteiger partial charge in [0.1, 0.15) is 0 Å². The van der Waals surface area contributed by atoms with Crippen LogP contribution < -0.4 is 0 Å². The van der Waals surface area contributed by atoms with Gasteiger partial charge in [0.2, 0.25) is 0 Å². The van der Waals surface area contributed by atoms with E-state index in [2.05, 4.69) is 32.9 Å². The molecule has 0 bridgehead atoms. The summed E-state index contributed by atoms with van der Waals surface area (Å²) in [6.45, 7) is 7.09. The van der Waals surface area contributed by atoms with Gasteiger partial charge in [0.15, 0.2) is 0 Å². The van der Waals surface area contributed by atoms with Gasteiger partial charge in [-0.2, -0.15) is 0 Å². The highest BCUT2D eigenvalue weighted by Crippen LogP contribution is 2.58. The molecule has 0 amide bonds. The molecule has 2 aliphatic carbocycles. The molecule has 5 unspecified atom stereocenters. The summed E-state index contributed by atoms with van der Waals surface area (Å²) >= 11 is 0. The van der Waals surface area contributed by atoms with Crippen molar-refractivity contribution in [3.63, 3.8) is 0 Å². The molecule has 3 heteroatoms. The number of hydrogen-bond donors (Lipinski definition) is 3. The predicted molar refractivity (Wildman–Crippen MR) is 112 cm³/mol. The Bertz CT molecular complexity index is 494. The van der Waals surface area contributed by atoms with Crippen LogP contribution in [0.5, 0.6) is 0 Å². The molecular weight excluding hydrogens is 336 g/mol. The van der Waals surface area contributed by atoms with E-state index in [-0.39, 0.29) is 29.5 Å². The molecule has 1 saturated carbocycles. The summed E-state index contributed by atoms with van der Waals surface area (Å²) in [7, 11) is 0. The minimum Gasteiger partial charge on any atom is -0.396 e. The number of hydrogen-bond acceptors (Lipinski definition) is 3. The molecule has 27 heavy (non-hydrogen) atoms. The molecule has 3 N–H and O–H groups in total. The van der Waals surface area contributed by atoms with E-state index in [1.54, 1.807) is 0 Å². The van der Waals surface area contributed by atoms with Gasteiger partial charge in [0, 0.05) is 12.0 Å². The van der Waals surface area contributed by atoms with Crippen LogP contribution in [0.25, 0.3) is 0 Å². The largest absolute Gasteiger partial charge is 0.396 e. The molecule has 2 rings (SSSR count). The van der Waals surface area contributed by atoms with E-state index in [0.717, 1.165) is 38.5 Å². The topological polar surface area (TPSA) is 60.7 Å². The van der Waals surface area contributed by atoms with Crippen LogP contribution in [0.4, 0.5) is 0 Å². The lowest BCUT2D eigenvalue weighted by atomic mass is 9.48. The molecule has 3 nitrogen and oxygen atoms in total. The van der Waals surface area contributed by atoms with Gasteiger partial charge in [-0.05, 0) is 55.8 Å². The zero-order valence-corrected chi connectivity index (χ0v) is 17.7. The second kappa shape index (κ2) is 10.2. The van der Waals surface area contributed by atoms with Crippen LogP contribution in [-0.4, -0.2) is 34.1 Å². The molecule has 5 atom stereocenters. The van der Waals surface area contributed by atoms with E-state index in [0.29, 0.717) is 5.92 Å². The molecule has 0 aromatic carbocycles. The fraction of sp³-hybridized carbons (Fsp3) is 0.833. The van der Waals surface area contributed by atoms with Gasteiger partial charge >= 0.3 is 0 Å². The summed E-state index contributed by atoms with van der Waals surface area (Å²) in [5, 5.41) is 31.1. The molecule has 0 heterocycles. The maximum absolute atomic E-state index is 11.3. The fourth-order valence-electron chi connectivity index (χ4n) is 5.82. The van der Waals surface area contributed by atoms with E-state index < -0.39 is 6.10 Å². The van der Waals surface area contributed by atoms with Crippen molar-refractivity contribution >= 4 is 0 Å². The van der Waals surface area contributed by atoms with Crippen LogP contribution >= 0.6 is 0 Å². The van der Waals surface area contributed by atoms with Crippen molar-refractivity contribution in [2.45, 2.75) is 97.2 Å². The highest BCUT2D eigenvalue weighted by molar-refractivity contribution is 5.26. The van der Waals surface area contributed by atoms with Crippen molar-refractivity contribution in [1.29, 1.82) is 0 Å². The fourth-order valence-corrected chi connectivity index (χ4v) is 5.82. The van der Waals surface area contributed by atoms with Gasteiger partial charge < -0.3 is 15.3 Å². The lowest BCUT2D eigenvalue weighted by molar-refractivity contribution is -0.101. The van der Waals surface area contributed by atoms with Crippen LogP contribution in [0.1, 0.15) is 85.0 Å². The minimum atomic E-state index is -0.518. The van der Waals surface area contributed by atoms with E-state index in [1.165, 1.54) is 25.7 Å². The van der Waals surface area contributed by atoms with E-state index in [1.807, 2.05) is 12.2 Å². The van der Waals surface area contributed by atoms with Crippen LogP contribution in [0, 0.1) is 22.7 Å². The number of aliphatic hydroxyl groups is 3. The van der Waals surface area contributed by atoms with Gasteiger partial charge in [-0.25, -0.2) is 0 Å². The second-order valence-electron chi connectivity index (χ2n) is 9.52. The molecule has 0 aromatic heterocycles. The first-order valence-electron chi connectivity index (χ1n) is 11.2. The van der Waals surface area contributed by atoms with Gasteiger partial charge in [0.25, 0.3) is 0 Å². The monoisotopic (exact) mass is 378 g/mol. The second-order valence-corrected chi connectivity index (χ2v) is 9.52. The quantitative estimate of drug-likeness (QED) is 0.469. The van der Waals surface area contributed by atoms with Crippen LogP contribution in [0.15, 0.2) is 24.3 Å². The van der Waals surface area contributed by atoms with Crippen molar-refractivity contribution in [3.8, 4) is 0 Å². The Morgan fingerprint density at radius 3 is 2.48 bits per heavy atom. The van der Waals surface area contributed by atoms with Gasteiger partial charge in [-0.1, -0.05) is 70.8 Å². The Hall–Kier alpha value is -0.640. The van der Waals surface area contributed by atoms with E-state index >= 15 is 0 Å². The van der Waals surface area contributed by atoms with Crippen molar-refractivity contribution in [1.82, 2.24) is 0 Å². The first-order chi connectivity index (χ1) is 12.9. The number of rotatable bonds is 10. The zero-order valence-electron chi connectivity index (χ0n) is 17.7. The summed E-state index contributed by atoms with van der Waals surface area (Å²) < 4.78 is 0. The Morgan fingerprint density at radius 1 is 1.04 bits per heavy atom.